The van der Waals surface area contributed by atoms with Crippen LogP contribution in [0.3, 0.4) is 0 Å². The van der Waals surface area contributed by atoms with Gasteiger partial charge in [-0.1, -0.05) is 31.2 Å². The first-order valence-electron chi connectivity index (χ1n) is 5.14. The summed E-state index contributed by atoms with van der Waals surface area (Å²) in [4.78, 5) is 4.49. The van der Waals surface area contributed by atoms with Gasteiger partial charge in [0.25, 0.3) is 0 Å². The van der Waals surface area contributed by atoms with Crippen LogP contribution in [0.15, 0.2) is 12.1 Å². The molecule has 0 bridgehead atoms. The fourth-order valence-electron chi connectivity index (χ4n) is 1.26. The predicted molar refractivity (Wildman–Crippen MR) is 68.0 cm³/mol. The van der Waals surface area contributed by atoms with E-state index in [-0.39, 0.29) is 6.10 Å². The maximum atomic E-state index is 6.13. The molecular weight excluding hydrogens is 226 g/mol. The van der Waals surface area contributed by atoms with Gasteiger partial charge in [-0.2, -0.15) is 0 Å². The first-order chi connectivity index (χ1) is 6.80. The predicted octanol–water partition coefficient (Wildman–Crippen LogP) is 3.07. The number of ether oxygens (including phenoxy) is 1. The second kappa shape index (κ2) is 4.54. The molecule has 0 aliphatic carbocycles. The lowest BCUT2D eigenvalue weighted by atomic mass is 10.4. The molecule has 1 aromatic rings. The van der Waals surface area contributed by atoms with E-state index in [1.165, 1.54) is 0 Å². The van der Waals surface area contributed by atoms with Gasteiger partial charge >= 0.3 is 0 Å². The molecule has 0 amide bonds. The van der Waals surface area contributed by atoms with E-state index in [1.807, 2.05) is 26.0 Å². The van der Waals surface area contributed by atoms with E-state index < -0.39 is 8.07 Å². The molecule has 0 aromatic carbocycles. The van der Waals surface area contributed by atoms with E-state index in [4.69, 9.17) is 16.3 Å². The fraction of sp³-hybridized carbons (Fsp3) is 0.545. The number of nitrogens with zero attached hydrogens (tertiary/aromatic N) is 1. The van der Waals surface area contributed by atoms with Crippen LogP contribution in [-0.2, 0) is 0 Å². The summed E-state index contributed by atoms with van der Waals surface area (Å²) in [5.74, 6) is 0.673. The van der Waals surface area contributed by atoms with Crippen molar-refractivity contribution in [1.29, 1.82) is 0 Å². The van der Waals surface area contributed by atoms with Crippen LogP contribution in [-0.4, -0.2) is 19.2 Å². The molecule has 0 spiro atoms. The van der Waals surface area contributed by atoms with Crippen LogP contribution in [0.4, 0.5) is 0 Å². The molecule has 84 valence electrons. The summed E-state index contributed by atoms with van der Waals surface area (Å²) in [6.45, 7) is 10.6. The molecule has 0 saturated heterocycles. The van der Waals surface area contributed by atoms with Crippen LogP contribution >= 0.6 is 11.6 Å². The zero-order valence-corrected chi connectivity index (χ0v) is 11.7. The van der Waals surface area contributed by atoms with Gasteiger partial charge < -0.3 is 4.74 Å². The Morgan fingerprint density at radius 2 is 1.87 bits per heavy atom. The smallest absolute Gasteiger partial charge is 0.213 e. The molecule has 2 nitrogen and oxygen atoms in total. The molecule has 1 heterocycles. The van der Waals surface area contributed by atoms with Crippen molar-refractivity contribution in [2.45, 2.75) is 39.6 Å². The van der Waals surface area contributed by atoms with E-state index in [0.717, 1.165) is 10.3 Å². The van der Waals surface area contributed by atoms with Crippen LogP contribution in [0.5, 0.6) is 5.88 Å². The van der Waals surface area contributed by atoms with Crippen molar-refractivity contribution in [2.75, 3.05) is 0 Å². The molecule has 4 heteroatoms. The largest absolute Gasteiger partial charge is 0.475 e. The summed E-state index contributed by atoms with van der Waals surface area (Å²) in [6, 6.07) is 3.70. The third kappa shape index (κ3) is 3.50. The first-order valence-corrected chi connectivity index (χ1v) is 9.02. The zero-order valence-electron chi connectivity index (χ0n) is 9.97. The second-order valence-electron chi connectivity index (χ2n) is 4.90. The van der Waals surface area contributed by atoms with E-state index in [2.05, 4.69) is 24.6 Å². The van der Waals surface area contributed by atoms with Crippen molar-refractivity contribution in [3.63, 3.8) is 0 Å². The Labute approximate surface area is 97.6 Å². The number of hydrogen-bond donors (Lipinski definition) is 0. The topological polar surface area (TPSA) is 22.1 Å². The third-order valence-corrected chi connectivity index (χ3v) is 4.15. The van der Waals surface area contributed by atoms with Crippen molar-refractivity contribution in [1.82, 2.24) is 4.98 Å². The van der Waals surface area contributed by atoms with Gasteiger partial charge in [-0.05, 0) is 19.9 Å². The Hall–Kier alpha value is -0.543. The van der Waals surface area contributed by atoms with Gasteiger partial charge in [0.2, 0.25) is 5.88 Å². The average Bonchev–Trinajstić information content (AvgIpc) is 2.05. The van der Waals surface area contributed by atoms with Crippen molar-refractivity contribution in [2.24, 2.45) is 0 Å². The molecule has 1 rings (SSSR count). The van der Waals surface area contributed by atoms with Gasteiger partial charge in [-0.15, -0.1) is 0 Å². The average molecular weight is 244 g/mol. The maximum absolute atomic E-state index is 6.13. The minimum atomic E-state index is -1.48. The van der Waals surface area contributed by atoms with Gasteiger partial charge in [0.1, 0.15) is 8.07 Å². The molecule has 0 unspecified atom stereocenters. The Kier molecular flexibility index (Phi) is 3.79. The maximum Gasteiger partial charge on any atom is 0.213 e. The van der Waals surface area contributed by atoms with Crippen molar-refractivity contribution >= 4 is 25.0 Å². The first kappa shape index (κ1) is 12.5. The number of pyridine rings is 1. The van der Waals surface area contributed by atoms with Gasteiger partial charge in [0.05, 0.1) is 11.1 Å². The van der Waals surface area contributed by atoms with Crippen LogP contribution < -0.4 is 10.1 Å². The molecule has 0 N–H and O–H groups in total. The lowest BCUT2D eigenvalue weighted by molar-refractivity contribution is 0.233. The SMILES string of the molecule is CC(C)Oc1ccc(Cl)c([Si](C)(C)C)n1. The highest BCUT2D eigenvalue weighted by atomic mass is 35.5. The second-order valence-corrected chi connectivity index (χ2v) is 10.3. The van der Waals surface area contributed by atoms with Crippen molar-refractivity contribution < 1.29 is 4.74 Å². The lowest BCUT2D eigenvalue weighted by Gasteiger charge is -2.18. The fourth-order valence-corrected chi connectivity index (χ4v) is 3.46. The normalized spacial score (nSPS) is 11.9. The Bertz CT molecular complexity index is 347. The highest BCUT2D eigenvalue weighted by Crippen LogP contribution is 2.15. The highest BCUT2D eigenvalue weighted by molar-refractivity contribution is 6.89. The van der Waals surface area contributed by atoms with Crippen LogP contribution in [0.2, 0.25) is 24.7 Å². The number of hydrogen-bond acceptors (Lipinski definition) is 2. The van der Waals surface area contributed by atoms with Gasteiger partial charge in [0, 0.05) is 11.4 Å². The quantitative estimate of drug-likeness (QED) is 0.762. The Morgan fingerprint density at radius 1 is 1.27 bits per heavy atom. The molecule has 0 fully saturated rings. The summed E-state index contributed by atoms with van der Waals surface area (Å²) in [6.07, 6.45) is 0.146. The number of aromatic nitrogens is 1. The summed E-state index contributed by atoms with van der Waals surface area (Å²) in [5, 5.41) is 1.77. The monoisotopic (exact) mass is 243 g/mol. The third-order valence-electron chi connectivity index (χ3n) is 1.89. The minimum Gasteiger partial charge on any atom is -0.475 e. The highest BCUT2D eigenvalue weighted by Gasteiger charge is 2.22. The molecule has 0 aliphatic heterocycles. The van der Waals surface area contributed by atoms with Crippen LogP contribution in [0.1, 0.15) is 13.8 Å². The Morgan fingerprint density at radius 3 is 2.33 bits per heavy atom. The molecule has 0 radical (unpaired) electrons. The van der Waals surface area contributed by atoms with Gasteiger partial charge in [0.15, 0.2) is 0 Å². The Balaban J connectivity index is 3.06. The van der Waals surface area contributed by atoms with Crippen molar-refractivity contribution in [3.05, 3.63) is 17.2 Å². The zero-order chi connectivity index (χ0) is 11.6. The standard InChI is InChI=1S/C11H18ClNOSi/c1-8(2)14-10-7-6-9(12)11(13-10)15(3,4)5/h6-8H,1-5H3. The lowest BCUT2D eigenvalue weighted by Crippen LogP contribution is -2.41. The van der Waals surface area contributed by atoms with E-state index >= 15 is 0 Å². The van der Waals surface area contributed by atoms with E-state index in [9.17, 15) is 0 Å². The summed E-state index contributed by atoms with van der Waals surface area (Å²) in [7, 11) is -1.48. The minimum absolute atomic E-state index is 0.146. The molecule has 0 aliphatic rings. The van der Waals surface area contributed by atoms with E-state index in [1.54, 1.807) is 0 Å². The number of rotatable bonds is 3. The summed E-state index contributed by atoms with van der Waals surface area (Å²) < 4.78 is 5.56. The van der Waals surface area contributed by atoms with Crippen LogP contribution in [0, 0.1) is 0 Å². The van der Waals surface area contributed by atoms with Crippen LogP contribution in [0.25, 0.3) is 0 Å². The van der Waals surface area contributed by atoms with Gasteiger partial charge in [-0.25, -0.2) is 4.98 Å². The summed E-state index contributed by atoms with van der Waals surface area (Å²) >= 11 is 6.13. The molecule has 0 saturated carbocycles. The van der Waals surface area contributed by atoms with Gasteiger partial charge in [-0.3, -0.25) is 0 Å². The number of halogens is 1. The van der Waals surface area contributed by atoms with E-state index in [0.29, 0.717) is 5.88 Å². The molecular formula is C11H18ClNOSi. The summed E-state index contributed by atoms with van der Waals surface area (Å²) in [5.41, 5.74) is 0. The molecule has 0 atom stereocenters. The van der Waals surface area contributed by atoms with Crippen molar-refractivity contribution in [3.8, 4) is 5.88 Å². The molecule has 1 aromatic heterocycles. The molecule has 15 heavy (non-hydrogen) atoms.